The molecule has 1 amide bonds. The summed E-state index contributed by atoms with van der Waals surface area (Å²) in [5.41, 5.74) is 5.11. The third-order valence-electron chi connectivity index (χ3n) is 6.74. The van der Waals surface area contributed by atoms with E-state index >= 15 is 0 Å². The average molecular weight is 524 g/mol. The molecule has 0 bridgehead atoms. The minimum Gasteiger partial charge on any atom is -0.478 e. The SMILES string of the molecule is Cc1cc(CC(=O)N2CCc3c(n(Cc4ccc(OC(F)(F)F)cc4)c4ncccc34)C2)ccc1C(=O)O. The Balaban J connectivity index is 1.39. The van der Waals surface area contributed by atoms with Gasteiger partial charge in [0.05, 0.1) is 18.5 Å². The summed E-state index contributed by atoms with van der Waals surface area (Å²) in [4.78, 5) is 30.8. The molecule has 0 atom stereocenters. The molecule has 196 valence electrons. The topological polar surface area (TPSA) is 84.7 Å². The van der Waals surface area contributed by atoms with E-state index < -0.39 is 12.3 Å². The maximum atomic E-state index is 13.2. The Bertz CT molecular complexity index is 1530. The van der Waals surface area contributed by atoms with Crippen molar-refractivity contribution in [3.8, 4) is 5.75 Å². The highest BCUT2D eigenvalue weighted by molar-refractivity contribution is 5.89. The van der Waals surface area contributed by atoms with E-state index in [1.807, 2.05) is 16.7 Å². The van der Waals surface area contributed by atoms with Gasteiger partial charge in [-0.15, -0.1) is 13.2 Å². The smallest absolute Gasteiger partial charge is 0.478 e. The largest absolute Gasteiger partial charge is 0.573 e. The summed E-state index contributed by atoms with van der Waals surface area (Å²) in [7, 11) is 0. The molecule has 1 aliphatic heterocycles. The van der Waals surface area contributed by atoms with E-state index in [1.54, 1.807) is 42.3 Å². The number of halogens is 3. The fraction of sp³-hybridized carbons (Fsp3) is 0.250. The molecule has 1 N–H and O–H groups in total. The summed E-state index contributed by atoms with van der Waals surface area (Å²) in [6.45, 7) is 2.98. The number of alkyl halides is 3. The standard InChI is InChI=1S/C28H24F3N3O4/c1-17-13-19(6-9-21(17)27(36)37)14-25(35)33-12-10-22-23-3-2-11-32-26(23)34(24(22)16-33)15-18-4-7-20(8-5-18)38-28(29,30)31/h2-9,11,13H,10,12,14-16H2,1H3,(H,36,37). The molecule has 0 spiro atoms. The van der Waals surface area contributed by atoms with Crippen molar-refractivity contribution in [3.05, 3.63) is 94.3 Å². The van der Waals surface area contributed by atoms with Gasteiger partial charge in [-0.3, -0.25) is 4.79 Å². The van der Waals surface area contributed by atoms with Gasteiger partial charge >= 0.3 is 12.3 Å². The predicted octanol–water partition coefficient (Wildman–Crippen LogP) is 5.12. The maximum Gasteiger partial charge on any atom is 0.573 e. The van der Waals surface area contributed by atoms with Gasteiger partial charge < -0.3 is 19.3 Å². The molecule has 0 fully saturated rings. The Morgan fingerprint density at radius 1 is 1.08 bits per heavy atom. The molecule has 0 saturated carbocycles. The fourth-order valence-corrected chi connectivity index (χ4v) is 4.98. The first kappa shape index (κ1) is 25.3. The third-order valence-corrected chi connectivity index (χ3v) is 6.74. The Hall–Kier alpha value is -4.34. The van der Waals surface area contributed by atoms with Crippen LogP contribution in [0.25, 0.3) is 11.0 Å². The Morgan fingerprint density at radius 2 is 1.82 bits per heavy atom. The zero-order valence-electron chi connectivity index (χ0n) is 20.5. The predicted molar refractivity (Wildman–Crippen MR) is 133 cm³/mol. The molecule has 10 heteroatoms. The lowest BCUT2D eigenvalue weighted by atomic mass is 10.0. The third kappa shape index (κ3) is 5.20. The lowest BCUT2D eigenvalue weighted by molar-refractivity contribution is -0.274. The van der Waals surface area contributed by atoms with Gasteiger partial charge in [0.25, 0.3) is 0 Å². The zero-order chi connectivity index (χ0) is 27.0. The van der Waals surface area contributed by atoms with Crippen LogP contribution in [0.5, 0.6) is 5.75 Å². The van der Waals surface area contributed by atoms with Crippen molar-refractivity contribution < 1.29 is 32.6 Å². The summed E-state index contributed by atoms with van der Waals surface area (Å²) >= 11 is 0. The summed E-state index contributed by atoms with van der Waals surface area (Å²) in [5.74, 6) is -1.37. The van der Waals surface area contributed by atoms with Gasteiger partial charge in [-0.1, -0.05) is 24.3 Å². The van der Waals surface area contributed by atoms with E-state index in [-0.39, 0.29) is 23.6 Å². The van der Waals surface area contributed by atoms with Crippen LogP contribution in [-0.2, 0) is 30.7 Å². The van der Waals surface area contributed by atoms with Crippen LogP contribution in [-0.4, -0.2) is 44.3 Å². The zero-order valence-corrected chi connectivity index (χ0v) is 20.5. The molecule has 2 aromatic heterocycles. The molecule has 7 nitrogen and oxygen atoms in total. The molecule has 1 aliphatic rings. The number of amides is 1. The van der Waals surface area contributed by atoms with Crippen molar-refractivity contribution in [3.63, 3.8) is 0 Å². The second-order valence-corrected chi connectivity index (χ2v) is 9.27. The van der Waals surface area contributed by atoms with Gasteiger partial charge in [0.2, 0.25) is 5.91 Å². The molecule has 2 aromatic carbocycles. The van der Waals surface area contributed by atoms with E-state index in [4.69, 9.17) is 0 Å². The molecule has 0 radical (unpaired) electrons. The van der Waals surface area contributed by atoms with Gasteiger partial charge in [0, 0.05) is 30.4 Å². The van der Waals surface area contributed by atoms with Gasteiger partial charge in [-0.2, -0.15) is 0 Å². The van der Waals surface area contributed by atoms with Crippen molar-refractivity contribution in [1.29, 1.82) is 0 Å². The number of carbonyl (C=O) groups is 2. The van der Waals surface area contributed by atoms with Gasteiger partial charge in [0.1, 0.15) is 11.4 Å². The number of hydrogen-bond acceptors (Lipinski definition) is 4. The van der Waals surface area contributed by atoms with E-state index in [0.29, 0.717) is 31.6 Å². The quantitative estimate of drug-likeness (QED) is 0.379. The Morgan fingerprint density at radius 3 is 2.50 bits per heavy atom. The molecule has 0 aliphatic carbocycles. The van der Waals surface area contributed by atoms with Crippen molar-refractivity contribution in [2.75, 3.05) is 6.54 Å². The van der Waals surface area contributed by atoms with Crippen LogP contribution >= 0.6 is 0 Å². The number of aromatic carboxylic acids is 1. The number of carbonyl (C=O) groups excluding carboxylic acids is 1. The molecule has 0 unspecified atom stereocenters. The van der Waals surface area contributed by atoms with Crippen LogP contribution in [0.1, 0.15) is 38.3 Å². The summed E-state index contributed by atoms with van der Waals surface area (Å²) in [6.07, 6.45) is -2.27. The second-order valence-electron chi connectivity index (χ2n) is 9.27. The Labute approximate surface area is 216 Å². The van der Waals surface area contributed by atoms with Crippen molar-refractivity contribution in [1.82, 2.24) is 14.5 Å². The lowest BCUT2D eigenvalue weighted by Gasteiger charge is -2.29. The van der Waals surface area contributed by atoms with Crippen LogP contribution in [0.4, 0.5) is 13.2 Å². The van der Waals surface area contributed by atoms with Gasteiger partial charge in [0.15, 0.2) is 0 Å². The molecule has 3 heterocycles. The first-order valence-corrected chi connectivity index (χ1v) is 12.0. The Kier molecular flexibility index (Phi) is 6.56. The average Bonchev–Trinajstić information content (AvgIpc) is 3.17. The second kappa shape index (κ2) is 9.85. The minimum atomic E-state index is -4.76. The number of fused-ring (bicyclic) bond motifs is 3. The number of ether oxygens (including phenoxy) is 1. The van der Waals surface area contributed by atoms with Crippen LogP contribution in [0.3, 0.4) is 0 Å². The van der Waals surface area contributed by atoms with Crippen LogP contribution in [0.2, 0.25) is 0 Å². The van der Waals surface area contributed by atoms with Crippen molar-refractivity contribution in [2.24, 2.45) is 0 Å². The maximum absolute atomic E-state index is 13.2. The highest BCUT2D eigenvalue weighted by Crippen LogP contribution is 2.31. The van der Waals surface area contributed by atoms with E-state index in [0.717, 1.165) is 33.4 Å². The first-order chi connectivity index (χ1) is 18.1. The normalized spacial score (nSPS) is 13.4. The van der Waals surface area contributed by atoms with E-state index in [1.165, 1.54) is 18.2 Å². The number of aromatic nitrogens is 2. The molecule has 38 heavy (non-hydrogen) atoms. The molecular weight excluding hydrogens is 499 g/mol. The molecular formula is C28H24F3N3O4. The van der Waals surface area contributed by atoms with Crippen LogP contribution in [0, 0.1) is 6.92 Å². The van der Waals surface area contributed by atoms with Gasteiger partial charge in [-0.05, 0) is 65.9 Å². The monoisotopic (exact) mass is 523 g/mol. The number of rotatable bonds is 6. The minimum absolute atomic E-state index is 0.0726. The number of nitrogens with zero attached hydrogens (tertiary/aromatic N) is 3. The highest BCUT2D eigenvalue weighted by Gasteiger charge is 2.31. The van der Waals surface area contributed by atoms with Crippen LogP contribution < -0.4 is 4.74 Å². The number of benzene rings is 2. The first-order valence-electron chi connectivity index (χ1n) is 12.0. The molecule has 4 aromatic rings. The van der Waals surface area contributed by atoms with Crippen molar-refractivity contribution >= 4 is 22.9 Å². The number of carboxylic acid groups (broad SMARTS) is 1. The van der Waals surface area contributed by atoms with E-state index in [9.17, 15) is 27.9 Å². The van der Waals surface area contributed by atoms with E-state index in [2.05, 4.69) is 9.72 Å². The fourth-order valence-electron chi connectivity index (χ4n) is 4.98. The number of carboxylic acids is 1. The van der Waals surface area contributed by atoms with Crippen molar-refractivity contribution in [2.45, 2.75) is 39.2 Å². The van der Waals surface area contributed by atoms with Gasteiger partial charge in [-0.25, -0.2) is 9.78 Å². The number of pyridine rings is 1. The number of hydrogen-bond donors (Lipinski definition) is 1. The lowest BCUT2D eigenvalue weighted by Crippen LogP contribution is -2.37. The van der Waals surface area contributed by atoms with Crippen LogP contribution in [0.15, 0.2) is 60.8 Å². The molecule has 5 rings (SSSR count). The summed E-state index contributed by atoms with van der Waals surface area (Å²) < 4.78 is 43.6. The molecule has 0 saturated heterocycles. The summed E-state index contributed by atoms with van der Waals surface area (Å²) in [6, 6.07) is 14.5. The highest BCUT2D eigenvalue weighted by atomic mass is 19.4. The number of aryl methyl sites for hydroxylation is 1. The summed E-state index contributed by atoms with van der Waals surface area (Å²) in [5, 5.41) is 10.2.